The van der Waals surface area contributed by atoms with Gasteiger partial charge in [0.05, 0.1) is 6.20 Å². The van der Waals surface area contributed by atoms with E-state index in [0.717, 1.165) is 18.1 Å². The van der Waals surface area contributed by atoms with Crippen LogP contribution in [0.4, 0.5) is 0 Å². The Balaban J connectivity index is 2.64. The minimum absolute atomic E-state index is 0.693. The third-order valence-corrected chi connectivity index (χ3v) is 2.60. The summed E-state index contributed by atoms with van der Waals surface area (Å²) in [6, 6.07) is 0. The third kappa shape index (κ3) is 1.68. The van der Waals surface area contributed by atoms with Crippen molar-refractivity contribution in [3.05, 3.63) is 23.4 Å². The van der Waals surface area contributed by atoms with Gasteiger partial charge in [0, 0.05) is 26.0 Å². The van der Waals surface area contributed by atoms with Crippen LogP contribution in [-0.2, 0) is 13.6 Å². The normalized spacial score (nSPS) is 10.5. The average molecular weight is 221 g/mol. The van der Waals surface area contributed by atoms with Crippen molar-refractivity contribution in [3.63, 3.8) is 0 Å². The number of hydrogen-bond acceptors (Lipinski definition) is 4. The molecule has 0 aliphatic rings. The zero-order chi connectivity index (χ0) is 10.8. The summed E-state index contributed by atoms with van der Waals surface area (Å²) in [5.41, 5.74) is 0.742. The average Bonchev–Trinajstić information content (AvgIpc) is 2.56. The minimum Gasteiger partial charge on any atom is -0.299 e. The maximum atomic E-state index is 5.23. The van der Waals surface area contributed by atoms with E-state index >= 15 is 0 Å². The van der Waals surface area contributed by atoms with Crippen LogP contribution in [0.1, 0.15) is 6.92 Å². The third-order valence-electron chi connectivity index (χ3n) is 2.12. The van der Waals surface area contributed by atoms with Crippen LogP contribution >= 0.6 is 12.2 Å². The standard InChI is InChI=1S/C9H11N5S/c1-3-14-8(12-13(2)9(14)15)7-6-10-4-5-11-7/h4-6H,3H2,1-2H3. The number of hydrogen-bond donors (Lipinski definition) is 0. The summed E-state index contributed by atoms with van der Waals surface area (Å²) in [4.78, 5) is 8.22. The Hall–Kier alpha value is -1.56. The molecule has 2 aromatic rings. The van der Waals surface area contributed by atoms with Crippen LogP contribution in [0.3, 0.4) is 0 Å². The molecular weight excluding hydrogens is 210 g/mol. The summed E-state index contributed by atoms with van der Waals surface area (Å²) < 4.78 is 4.29. The molecule has 15 heavy (non-hydrogen) atoms. The van der Waals surface area contributed by atoms with Crippen molar-refractivity contribution in [2.75, 3.05) is 0 Å². The van der Waals surface area contributed by atoms with Crippen molar-refractivity contribution >= 4 is 12.2 Å². The molecular formula is C9H11N5S. The van der Waals surface area contributed by atoms with Gasteiger partial charge in [-0.15, -0.1) is 0 Å². The topological polar surface area (TPSA) is 48.5 Å². The quantitative estimate of drug-likeness (QED) is 0.720. The molecule has 0 N–H and O–H groups in total. The summed E-state index contributed by atoms with van der Waals surface area (Å²) in [6.45, 7) is 2.80. The van der Waals surface area contributed by atoms with Crippen molar-refractivity contribution in [2.45, 2.75) is 13.5 Å². The van der Waals surface area contributed by atoms with E-state index in [1.807, 2.05) is 18.5 Å². The minimum atomic E-state index is 0.693. The van der Waals surface area contributed by atoms with Gasteiger partial charge in [0.15, 0.2) is 10.6 Å². The molecule has 6 heteroatoms. The second-order valence-corrected chi connectivity index (χ2v) is 3.43. The Morgan fingerprint density at radius 3 is 2.80 bits per heavy atom. The molecule has 0 aromatic carbocycles. The lowest BCUT2D eigenvalue weighted by atomic mass is 10.4. The predicted octanol–water partition coefficient (Wildman–Crippen LogP) is 1.43. The van der Waals surface area contributed by atoms with E-state index in [2.05, 4.69) is 15.1 Å². The molecule has 0 atom stereocenters. The van der Waals surface area contributed by atoms with Crippen molar-refractivity contribution in [2.24, 2.45) is 7.05 Å². The van der Waals surface area contributed by atoms with E-state index in [0.29, 0.717) is 4.77 Å². The first-order valence-corrected chi connectivity index (χ1v) is 5.05. The molecule has 0 aliphatic heterocycles. The lowest BCUT2D eigenvalue weighted by Crippen LogP contribution is -1.99. The van der Waals surface area contributed by atoms with Crippen molar-refractivity contribution in [3.8, 4) is 11.5 Å². The molecule has 0 bridgehead atoms. The fourth-order valence-corrected chi connectivity index (χ4v) is 1.65. The molecule has 0 saturated heterocycles. The zero-order valence-electron chi connectivity index (χ0n) is 8.58. The van der Waals surface area contributed by atoms with E-state index in [1.54, 1.807) is 23.3 Å². The molecule has 0 saturated carbocycles. The zero-order valence-corrected chi connectivity index (χ0v) is 9.40. The summed E-state index contributed by atoms with van der Waals surface area (Å²) in [7, 11) is 1.83. The Kier molecular flexibility index (Phi) is 2.59. The molecule has 0 amide bonds. The van der Waals surface area contributed by atoms with Crippen LogP contribution in [-0.4, -0.2) is 24.3 Å². The first-order chi connectivity index (χ1) is 7.24. The number of rotatable bonds is 2. The Labute approximate surface area is 92.4 Å². The summed E-state index contributed by atoms with van der Waals surface area (Å²) >= 11 is 5.23. The molecule has 2 heterocycles. The first kappa shape index (κ1) is 9.97. The van der Waals surface area contributed by atoms with Crippen molar-refractivity contribution in [1.82, 2.24) is 24.3 Å². The Bertz CT molecular complexity index is 513. The van der Waals surface area contributed by atoms with Crippen LogP contribution in [0.25, 0.3) is 11.5 Å². The van der Waals surface area contributed by atoms with Gasteiger partial charge in [0.2, 0.25) is 0 Å². The van der Waals surface area contributed by atoms with Crippen LogP contribution in [0.15, 0.2) is 18.6 Å². The van der Waals surface area contributed by atoms with Gasteiger partial charge in [0.1, 0.15) is 5.69 Å². The van der Waals surface area contributed by atoms with E-state index in [1.165, 1.54) is 0 Å². The van der Waals surface area contributed by atoms with E-state index in [9.17, 15) is 0 Å². The largest absolute Gasteiger partial charge is 0.299 e. The Morgan fingerprint density at radius 2 is 2.20 bits per heavy atom. The second kappa shape index (κ2) is 3.90. The summed E-state index contributed by atoms with van der Waals surface area (Å²) in [5, 5.41) is 4.32. The SMILES string of the molecule is CCn1c(-c2cnccn2)nn(C)c1=S. The number of nitrogens with zero attached hydrogens (tertiary/aromatic N) is 5. The van der Waals surface area contributed by atoms with E-state index < -0.39 is 0 Å². The van der Waals surface area contributed by atoms with E-state index in [-0.39, 0.29) is 0 Å². The van der Waals surface area contributed by atoms with Gasteiger partial charge in [-0.1, -0.05) is 0 Å². The van der Waals surface area contributed by atoms with Gasteiger partial charge in [0.25, 0.3) is 0 Å². The monoisotopic (exact) mass is 221 g/mol. The lowest BCUT2D eigenvalue weighted by Gasteiger charge is -2.00. The number of aryl methyl sites for hydroxylation is 1. The lowest BCUT2D eigenvalue weighted by molar-refractivity contribution is 0.708. The highest BCUT2D eigenvalue weighted by Crippen LogP contribution is 2.13. The van der Waals surface area contributed by atoms with Crippen LogP contribution in [0, 0.1) is 4.77 Å². The molecule has 2 rings (SSSR count). The van der Waals surface area contributed by atoms with Crippen LogP contribution in [0.2, 0.25) is 0 Å². The van der Waals surface area contributed by atoms with Gasteiger partial charge >= 0.3 is 0 Å². The fraction of sp³-hybridized carbons (Fsp3) is 0.333. The second-order valence-electron chi connectivity index (χ2n) is 3.06. The summed E-state index contributed by atoms with van der Waals surface area (Å²) in [5.74, 6) is 0.762. The number of aromatic nitrogens is 5. The van der Waals surface area contributed by atoms with Gasteiger partial charge in [-0.25, -0.2) is 9.67 Å². The van der Waals surface area contributed by atoms with Gasteiger partial charge < -0.3 is 0 Å². The highest BCUT2D eigenvalue weighted by molar-refractivity contribution is 7.71. The molecule has 0 aliphatic carbocycles. The van der Waals surface area contributed by atoms with Gasteiger partial charge in [-0.05, 0) is 19.1 Å². The Morgan fingerprint density at radius 1 is 1.40 bits per heavy atom. The maximum absolute atomic E-state index is 5.23. The molecule has 5 nitrogen and oxygen atoms in total. The van der Waals surface area contributed by atoms with Crippen LogP contribution < -0.4 is 0 Å². The molecule has 0 fully saturated rings. The first-order valence-electron chi connectivity index (χ1n) is 4.64. The van der Waals surface area contributed by atoms with E-state index in [4.69, 9.17) is 12.2 Å². The van der Waals surface area contributed by atoms with Gasteiger partial charge in [-0.2, -0.15) is 5.10 Å². The molecule has 0 radical (unpaired) electrons. The smallest absolute Gasteiger partial charge is 0.197 e. The van der Waals surface area contributed by atoms with Crippen LogP contribution in [0.5, 0.6) is 0 Å². The fourth-order valence-electron chi connectivity index (χ4n) is 1.39. The van der Waals surface area contributed by atoms with Gasteiger partial charge in [-0.3, -0.25) is 9.55 Å². The van der Waals surface area contributed by atoms with Crippen molar-refractivity contribution in [1.29, 1.82) is 0 Å². The maximum Gasteiger partial charge on any atom is 0.197 e. The molecule has 0 spiro atoms. The molecule has 78 valence electrons. The molecule has 0 unspecified atom stereocenters. The summed E-state index contributed by atoms with van der Waals surface area (Å²) in [6.07, 6.45) is 4.97. The molecule has 2 aromatic heterocycles. The predicted molar refractivity (Wildman–Crippen MR) is 58.7 cm³/mol. The highest BCUT2D eigenvalue weighted by Gasteiger charge is 2.10. The highest BCUT2D eigenvalue weighted by atomic mass is 32.1. The van der Waals surface area contributed by atoms with Crippen molar-refractivity contribution < 1.29 is 0 Å².